The molecule has 0 spiro atoms. The van der Waals surface area contributed by atoms with Crippen molar-refractivity contribution in [1.29, 1.82) is 10.5 Å². The van der Waals surface area contributed by atoms with Crippen molar-refractivity contribution in [1.82, 2.24) is 19.9 Å². The van der Waals surface area contributed by atoms with Crippen molar-refractivity contribution in [2.24, 2.45) is 11.5 Å². The van der Waals surface area contributed by atoms with Gasteiger partial charge in [0, 0.05) is 43.6 Å². The van der Waals surface area contributed by atoms with E-state index in [2.05, 4.69) is 35.9 Å². The first-order chi connectivity index (χ1) is 24.9. The Labute approximate surface area is 369 Å². The topological polar surface area (TPSA) is 294 Å². The van der Waals surface area contributed by atoms with Gasteiger partial charge in [-0.2, -0.15) is 10.5 Å². The quantitative estimate of drug-likeness (QED) is 0.135. The van der Waals surface area contributed by atoms with E-state index >= 15 is 0 Å². The number of sulfone groups is 3. The fraction of sp³-hybridized carbons (Fsp3) is 0.333. The van der Waals surface area contributed by atoms with Crippen LogP contribution in [-0.4, -0.2) is 77.0 Å². The average molecular weight is 948 g/mol. The van der Waals surface area contributed by atoms with Gasteiger partial charge >= 0.3 is 29.6 Å². The minimum atomic E-state index is -3.20. The van der Waals surface area contributed by atoms with E-state index in [1.807, 2.05) is 12.1 Å². The minimum absolute atomic E-state index is 0. The molecule has 0 aliphatic heterocycles. The van der Waals surface area contributed by atoms with Crippen molar-refractivity contribution in [3.8, 4) is 12.1 Å². The Balaban J connectivity index is -0.000000306. The maximum absolute atomic E-state index is 11.3. The molecule has 0 saturated heterocycles. The van der Waals surface area contributed by atoms with E-state index in [1.54, 1.807) is 52.0 Å². The van der Waals surface area contributed by atoms with Crippen molar-refractivity contribution in [3.63, 3.8) is 0 Å². The summed E-state index contributed by atoms with van der Waals surface area (Å²) in [5.74, 6) is 0.407. The van der Waals surface area contributed by atoms with Crippen LogP contribution in [0.3, 0.4) is 0 Å². The summed E-state index contributed by atoms with van der Waals surface area (Å²) in [6, 6.07) is 16.3. The number of hydrogen-bond acceptors (Lipinski definition) is 16. The molecule has 0 aliphatic carbocycles. The molecule has 0 radical (unpaired) electrons. The van der Waals surface area contributed by atoms with Gasteiger partial charge in [0.2, 0.25) is 0 Å². The third kappa shape index (κ3) is 23.5. The molecule has 0 aliphatic rings. The van der Waals surface area contributed by atoms with E-state index in [9.17, 15) is 34.0 Å². The SMILES string of the molecule is C.CCS(=O)(=O)c1ccc(C#N)nc1.CCS(=O)(=O)c1ccc(CN)cn1.CCS(=O)(=O)c1ccc(CN)cn1.CCS(=O)[O-].Cl.N#Cc1ccc(Br)nc1.[Na+]. The number of nitrogens with two attached hydrogens (primary N) is 2. The van der Waals surface area contributed by atoms with Gasteiger partial charge in [0.25, 0.3) is 0 Å². The van der Waals surface area contributed by atoms with Crippen LogP contribution in [0.5, 0.6) is 0 Å². The smallest absolute Gasteiger partial charge is 0.772 e. The first-order valence-electron chi connectivity index (χ1n) is 15.3. The van der Waals surface area contributed by atoms with E-state index in [-0.39, 0.29) is 93.0 Å². The zero-order valence-corrected chi connectivity index (χ0v) is 38.4. The Kier molecular flexibility index (Phi) is 33.4. The Morgan fingerprint density at radius 1 is 0.679 bits per heavy atom. The van der Waals surface area contributed by atoms with Crippen molar-refractivity contribution in [2.75, 3.05) is 23.0 Å². The van der Waals surface area contributed by atoms with E-state index in [4.69, 9.17) is 22.0 Å². The average Bonchev–Trinajstić information content (AvgIpc) is 3.19. The molecule has 0 saturated carbocycles. The van der Waals surface area contributed by atoms with Crippen LogP contribution in [0.15, 0.2) is 92.9 Å². The van der Waals surface area contributed by atoms with Crippen LogP contribution in [-0.2, 0) is 53.7 Å². The van der Waals surface area contributed by atoms with E-state index in [0.29, 0.717) is 18.7 Å². The van der Waals surface area contributed by atoms with Gasteiger partial charge in [0.15, 0.2) is 39.6 Å². The summed E-state index contributed by atoms with van der Waals surface area (Å²) < 4.78 is 87.3. The number of nitriles is 2. The molecule has 4 aromatic rings. The number of aromatic nitrogens is 4. The maximum Gasteiger partial charge on any atom is 1.00 e. The summed E-state index contributed by atoms with van der Waals surface area (Å²) in [7, 11) is -9.55. The molecule has 4 N–H and O–H groups in total. The van der Waals surface area contributed by atoms with Crippen LogP contribution < -0.4 is 41.0 Å². The largest absolute Gasteiger partial charge is 1.00 e. The molecule has 0 amide bonds. The van der Waals surface area contributed by atoms with Crippen LogP contribution in [0.2, 0.25) is 0 Å². The van der Waals surface area contributed by atoms with Gasteiger partial charge in [-0.25, -0.2) is 45.2 Å². The molecular weight excluding hydrogens is 903 g/mol. The van der Waals surface area contributed by atoms with Crippen molar-refractivity contribution in [2.45, 2.75) is 63.2 Å². The monoisotopic (exact) mass is 946 g/mol. The number of halogens is 2. The van der Waals surface area contributed by atoms with Crippen molar-refractivity contribution < 1.29 is 63.6 Å². The second kappa shape index (κ2) is 31.3. The molecule has 0 fully saturated rings. The van der Waals surface area contributed by atoms with Gasteiger partial charge in [0.05, 0.1) is 27.7 Å². The van der Waals surface area contributed by atoms with E-state index in [1.165, 1.54) is 49.1 Å². The van der Waals surface area contributed by atoms with Gasteiger partial charge in [-0.15, -0.1) is 12.4 Å². The summed E-state index contributed by atoms with van der Waals surface area (Å²) >= 11 is 1.33. The normalized spacial score (nSPS) is 10.5. The number of rotatable bonds is 9. The molecule has 0 bridgehead atoms. The molecule has 1 atom stereocenters. The van der Waals surface area contributed by atoms with E-state index in [0.717, 1.165) is 15.7 Å². The Bertz CT molecular complexity index is 2060. The molecule has 4 rings (SSSR count). The predicted molar refractivity (Wildman–Crippen MR) is 216 cm³/mol. The van der Waals surface area contributed by atoms with Crippen molar-refractivity contribution >= 4 is 68.9 Å². The van der Waals surface area contributed by atoms with E-state index < -0.39 is 40.6 Å². The summed E-state index contributed by atoms with van der Waals surface area (Å²) in [5, 5.41) is 17.0. The molecule has 304 valence electrons. The molecule has 1 unspecified atom stereocenters. The molecule has 4 heterocycles. The number of hydrogen-bond donors (Lipinski definition) is 2. The Hall–Kier alpha value is -2.77. The first kappa shape index (κ1) is 59.9. The summed E-state index contributed by atoms with van der Waals surface area (Å²) in [5.41, 5.74) is 13.2. The molecule has 23 heteroatoms. The fourth-order valence-corrected chi connectivity index (χ4v) is 5.59. The molecule has 16 nitrogen and oxygen atoms in total. The third-order valence-corrected chi connectivity index (χ3v) is 12.1. The third-order valence-electron chi connectivity index (χ3n) is 6.15. The van der Waals surface area contributed by atoms with Gasteiger partial charge in [-0.05, 0) is 63.5 Å². The zero-order chi connectivity index (χ0) is 40.7. The molecule has 4 aromatic heterocycles. The minimum Gasteiger partial charge on any atom is -0.772 e. The fourth-order valence-electron chi connectivity index (χ4n) is 2.97. The molecule has 0 aromatic carbocycles. The van der Waals surface area contributed by atoms with Gasteiger partial charge in [-0.1, -0.05) is 58.3 Å². The van der Waals surface area contributed by atoms with Crippen LogP contribution in [0.1, 0.15) is 57.5 Å². The number of nitrogens with zero attached hydrogens (tertiary/aromatic N) is 6. The molecule has 56 heavy (non-hydrogen) atoms. The summed E-state index contributed by atoms with van der Waals surface area (Å²) in [4.78, 5) is 15.3. The first-order valence-corrected chi connectivity index (χ1v) is 22.3. The van der Waals surface area contributed by atoms with Gasteiger partial charge < -0.3 is 16.0 Å². The second-order valence-corrected chi connectivity index (χ2v) is 18.4. The van der Waals surface area contributed by atoms with Gasteiger partial charge in [-0.3, -0.25) is 4.21 Å². The molecular formula is C33H45BrClN8NaO8S4. The maximum atomic E-state index is 11.3. The Morgan fingerprint density at radius 2 is 1.12 bits per heavy atom. The van der Waals surface area contributed by atoms with Crippen LogP contribution in [0.25, 0.3) is 0 Å². The van der Waals surface area contributed by atoms with Crippen molar-refractivity contribution in [3.05, 3.63) is 100 Å². The zero-order valence-electron chi connectivity index (χ0n) is 30.7. The van der Waals surface area contributed by atoms with Crippen LogP contribution >= 0.6 is 28.3 Å². The summed E-state index contributed by atoms with van der Waals surface area (Å²) in [6.07, 6.45) is 5.70. The van der Waals surface area contributed by atoms with Crippen LogP contribution in [0.4, 0.5) is 0 Å². The number of pyridine rings is 4. The van der Waals surface area contributed by atoms with Gasteiger partial charge in [0.1, 0.15) is 22.4 Å². The predicted octanol–water partition coefficient (Wildman–Crippen LogP) is 1.08. The standard InChI is InChI=1S/C8H8N2O2S.2C8H12N2O2S.C6H3BrN2.C2H6O2S.CH4.ClH.Na/c1-2-13(11,12)8-4-3-7(5-9)10-6-8;2*1-2-13(11,12)8-4-3-7(5-9)6-10-8;7-6-2-1-5(3-8)4-9-6;1-2-5(3)4;;;/h3-4,6H,2H2,1H3;2*3-4,6H,2,5,9H2,1H3;1-2,4H;2H2,1H3,(H,3,4);1H4;1H;/q;;;;;;;+1/p-1. The summed E-state index contributed by atoms with van der Waals surface area (Å²) in [6.45, 7) is 7.08. The van der Waals surface area contributed by atoms with Crippen LogP contribution in [0, 0.1) is 22.7 Å². The Morgan fingerprint density at radius 3 is 1.38 bits per heavy atom. The second-order valence-electron chi connectivity index (χ2n) is 9.69.